The van der Waals surface area contributed by atoms with Gasteiger partial charge in [-0.05, 0) is 6.54 Å². The van der Waals surface area contributed by atoms with Crippen LogP contribution in [-0.2, 0) is 0 Å². The van der Waals surface area contributed by atoms with Crippen molar-refractivity contribution >= 4 is 0 Å². The van der Waals surface area contributed by atoms with Gasteiger partial charge < -0.3 is 15.1 Å². The fourth-order valence-corrected chi connectivity index (χ4v) is 1.38. The van der Waals surface area contributed by atoms with Gasteiger partial charge in [0.2, 0.25) is 0 Å². The van der Waals surface area contributed by atoms with Gasteiger partial charge in [-0.3, -0.25) is 0 Å². The summed E-state index contributed by atoms with van der Waals surface area (Å²) in [6.07, 6.45) is -0.315. The lowest BCUT2D eigenvalue weighted by molar-refractivity contribution is 0.103. The van der Waals surface area contributed by atoms with E-state index in [0.29, 0.717) is 0 Å². The van der Waals surface area contributed by atoms with Crippen molar-refractivity contribution in [2.45, 2.75) is 13.0 Å². The topological polar surface area (TPSA) is 43.7 Å². The van der Waals surface area contributed by atoms with Gasteiger partial charge in [-0.15, -0.1) is 0 Å². The molecule has 0 aromatic carbocycles. The first kappa shape index (κ1) is 7.98. The monoisotopic (exact) mass is 145 g/mol. The normalized spacial score (nSPS) is 35.1. The highest BCUT2D eigenvalue weighted by molar-refractivity contribution is 4.82. The first-order valence-electron chi connectivity index (χ1n) is 3.79. The van der Waals surface area contributed by atoms with E-state index in [1.165, 1.54) is 0 Å². The molecule has 60 valence electrons. The molecule has 0 aromatic heterocycles. The summed E-state index contributed by atoms with van der Waals surface area (Å²) < 4.78 is 0. The SMILES string of the molecule is CCN1C[C@@H](CO)[C@H](O)C1. The van der Waals surface area contributed by atoms with E-state index >= 15 is 0 Å². The second kappa shape index (κ2) is 3.32. The van der Waals surface area contributed by atoms with Gasteiger partial charge in [-0.1, -0.05) is 6.92 Å². The Morgan fingerprint density at radius 3 is 2.50 bits per heavy atom. The second-order valence-corrected chi connectivity index (χ2v) is 2.86. The maximum atomic E-state index is 9.29. The van der Waals surface area contributed by atoms with E-state index in [1.54, 1.807) is 0 Å². The highest BCUT2D eigenvalue weighted by Gasteiger charge is 2.29. The van der Waals surface area contributed by atoms with Crippen LogP contribution in [0, 0.1) is 5.92 Å². The summed E-state index contributed by atoms with van der Waals surface area (Å²) in [5, 5.41) is 18.1. The van der Waals surface area contributed by atoms with Crippen molar-refractivity contribution in [1.29, 1.82) is 0 Å². The first-order valence-corrected chi connectivity index (χ1v) is 3.79. The minimum absolute atomic E-state index is 0.0833. The molecule has 1 aliphatic rings. The van der Waals surface area contributed by atoms with E-state index < -0.39 is 0 Å². The summed E-state index contributed by atoms with van der Waals surface area (Å²) in [7, 11) is 0. The number of likely N-dealkylation sites (tertiary alicyclic amines) is 1. The Bertz CT molecular complexity index is 108. The van der Waals surface area contributed by atoms with E-state index in [0.717, 1.165) is 19.6 Å². The molecule has 0 amide bonds. The fraction of sp³-hybridized carbons (Fsp3) is 1.00. The summed E-state index contributed by atoms with van der Waals surface area (Å²) in [5.74, 6) is 0.0833. The molecule has 2 atom stereocenters. The second-order valence-electron chi connectivity index (χ2n) is 2.86. The zero-order valence-corrected chi connectivity index (χ0v) is 6.32. The van der Waals surface area contributed by atoms with Crippen LogP contribution < -0.4 is 0 Å². The van der Waals surface area contributed by atoms with Crippen molar-refractivity contribution in [2.75, 3.05) is 26.2 Å². The molecule has 0 radical (unpaired) electrons. The van der Waals surface area contributed by atoms with Gasteiger partial charge in [0.15, 0.2) is 0 Å². The number of rotatable bonds is 2. The standard InChI is InChI=1S/C7H15NO2/c1-2-8-3-6(5-9)7(10)4-8/h6-7,9-10H,2-5H2,1H3/t6-,7+/m0/s1. The van der Waals surface area contributed by atoms with Gasteiger partial charge in [0.1, 0.15) is 0 Å². The number of hydrogen-bond acceptors (Lipinski definition) is 3. The Hall–Kier alpha value is -0.120. The number of aliphatic hydroxyl groups is 2. The van der Waals surface area contributed by atoms with E-state index in [4.69, 9.17) is 5.11 Å². The molecule has 1 aliphatic heterocycles. The number of likely N-dealkylation sites (N-methyl/N-ethyl adjacent to an activating group) is 1. The molecule has 3 heteroatoms. The zero-order valence-electron chi connectivity index (χ0n) is 6.32. The molecule has 1 heterocycles. The molecule has 0 unspecified atom stereocenters. The lowest BCUT2D eigenvalue weighted by Crippen LogP contribution is -2.21. The van der Waals surface area contributed by atoms with Gasteiger partial charge in [-0.25, -0.2) is 0 Å². The zero-order chi connectivity index (χ0) is 7.56. The Morgan fingerprint density at radius 2 is 2.20 bits per heavy atom. The van der Waals surface area contributed by atoms with Crippen molar-refractivity contribution in [2.24, 2.45) is 5.92 Å². The quantitative estimate of drug-likeness (QED) is 0.539. The summed E-state index contributed by atoms with van der Waals surface area (Å²) in [5.41, 5.74) is 0. The van der Waals surface area contributed by atoms with Gasteiger partial charge in [-0.2, -0.15) is 0 Å². The average Bonchev–Trinajstić information content (AvgIpc) is 2.30. The predicted octanol–water partition coefficient (Wildman–Crippen LogP) is -0.709. The van der Waals surface area contributed by atoms with Crippen LogP contribution in [0.1, 0.15) is 6.92 Å². The average molecular weight is 145 g/mol. The van der Waals surface area contributed by atoms with Crippen molar-refractivity contribution in [3.05, 3.63) is 0 Å². The van der Waals surface area contributed by atoms with Crippen LogP contribution in [0.4, 0.5) is 0 Å². The third-order valence-corrected chi connectivity index (χ3v) is 2.16. The molecule has 0 bridgehead atoms. The molecule has 0 aromatic rings. The van der Waals surface area contributed by atoms with Crippen molar-refractivity contribution in [1.82, 2.24) is 4.90 Å². The molecule has 1 rings (SSSR count). The lowest BCUT2D eigenvalue weighted by atomic mass is 10.1. The van der Waals surface area contributed by atoms with Crippen molar-refractivity contribution in [3.63, 3.8) is 0 Å². The van der Waals surface area contributed by atoms with Crippen molar-refractivity contribution in [3.8, 4) is 0 Å². The highest BCUT2D eigenvalue weighted by atomic mass is 16.3. The maximum absolute atomic E-state index is 9.29. The molecule has 3 nitrogen and oxygen atoms in total. The largest absolute Gasteiger partial charge is 0.396 e. The molecule has 10 heavy (non-hydrogen) atoms. The maximum Gasteiger partial charge on any atom is 0.0729 e. The van der Waals surface area contributed by atoms with E-state index in [9.17, 15) is 5.11 Å². The predicted molar refractivity (Wildman–Crippen MR) is 38.7 cm³/mol. The molecule has 0 aliphatic carbocycles. The lowest BCUT2D eigenvalue weighted by Gasteiger charge is -2.10. The van der Waals surface area contributed by atoms with Crippen molar-refractivity contribution < 1.29 is 10.2 Å². The Kier molecular flexibility index (Phi) is 2.65. The van der Waals surface area contributed by atoms with Gasteiger partial charge in [0, 0.05) is 25.6 Å². The summed E-state index contributed by atoms with van der Waals surface area (Å²) in [6.45, 7) is 4.70. The van der Waals surface area contributed by atoms with Crippen LogP contribution in [0.5, 0.6) is 0 Å². The van der Waals surface area contributed by atoms with Crippen LogP contribution in [0.15, 0.2) is 0 Å². The molecule has 1 fully saturated rings. The summed E-state index contributed by atoms with van der Waals surface area (Å²) in [4.78, 5) is 2.14. The van der Waals surface area contributed by atoms with Gasteiger partial charge in [0.25, 0.3) is 0 Å². The third-order valence-electron chi connectivity index (χ3n) is 2.16. The Balaban J connectivity index is 2.36. The van der Waals surface area contributed by atoms with Gasteiger partial charge >= 0.3 is 0 Å². The number of nitrogens with zero attached hydrogens (tertiary/aromatic N) is 1. The van der Waals surface area contributed by atoms with Crippen LogP contribution in [0.25, 0.3) is 0 Å². The molecule has 0 saturated carbocycles. The molecular weight excluding hydrogens is 130 g/mol. The molecule has 1 saturated heterocycles. The number of aliphatic hydroxyl groups excluding tert-OH is 2. The van der Waals surface area contributed by atoms with E-state index in [2.05, 4.69) is 11.8 Å². The molecular formula is C7H15NO2. The molecule has 2 N–H and O–H groups in total. The minimum Gasteiger partial charge on any atom is -0.396 e. The number of β-amino-alcohol motifs (C(OH)–C–C–N with tert-alkyl or cyclic N) is 1. The molecule has 0 spiro atoms. The summed E-state index contributed by atoms with van der Waals surface area (Å²) >= 11 is 0. The van der Waals surface area contributed by atoms with E-state index in [1.807, 2.05) is 0 Å². The van der Waals surface area contributed by atoms with Crippen LogP contribution >= 0.6 is 0 Å². The highest BCUT2D eigenvalue weighted by Crippen LogP contribution is 2.15. The minimum atomic E-state index is -0.315. The third kappa shape index (κ3) is 1.48. The first-order chi connectivity index (χ1) is 4.77. The van der Waals surface area contributed by atoms with Crippen LogP contribution in [0.2, 0.25) is 0 Å². The van der Waals surface area contributed by atoms with E-state index in [-0.39, 0.29) is 18.6 Å². The fourth-order valence-electron chi connectivity index (χ4n) is 1.38. The number of hydrogen-bond donors (Lipinski definition) is 2. The van der Waals surface area contributed by atoms with Crippen LogP contribution in [-0.4, -0.2) is 47.5 Å². The summed E-state index contributed by atoms with van der Waals surface area (Å²) in [6, 6.07) is 0. The van der Waals surface area contributed by atoms with Crippen LogP contribution in [0.3, 0.4) is 0 Å². The smallest absolute Gasteiger partial charge is 0.0729 e. The Labute approximate surface area is 61.3 Å². The Morgan fingerprint density at radius 1 is 1.50 bits per heavy atom. The van der Waals surface area contributed by atoms with Gasteiger partial charge in [0.05, 0.1) is 6.10 Å².